The minimum absolute atomic E-state index is 0.145. The Morgan fingerprint density at radius 3 is 2.53 bits per heavy atom. The van der Waals surface area contributed by atoms with E-state index in [0.717, 1.165) is 25.9 Å². The second-order valence-corrected chi connectivity index (χ2v) is 6.33. The average Bonchev–Trinajstić information content (AvgIpc) is 2.36. The Kier molecular flexibility index (Phi) is 4.26. The van der Waals surface area contributed by atoms with Crippen LogP contribution in [0.25, 0.3) is 0 Å². The fourth-order valence-electron chi connectivity index (χ4n) is 3.07. The van der Waals surface area contributed by atoms with Gasteiger partial charge in [0, 0.05) is 25.2 Å². The van der Waals surface area contributed by atoms with Crippen molar-refractivity contribution < 1.29 is 4.39 Å². The van der Waals surface area contributed by atoms with E-state index in [9.17, 15) is 4.39 Å². The van der Waals surface area contributed by atoms with Crippen molar-refractivity contribution in [2.75, 3.05) is 13.1 Å². The number of hydrogen-bond donors (Lipinski definition) is 1. The molecule has 2 nitrogen and oxygen atoms in total. The van der Waals surface area contributed by atoms with E-state index in [1.807, 2.05) is 12.1 Å². The maximum Gasteiger partial charge on any atom is 0.123 e. The van der Waals surface area contributed by atoms with Crippen molar-refractivity contribution in [3.63, 3.8) is 0 Å². The van der Waals surface area contributed by atoms with Gasteiger partial charge >= 0.3 is 0 Å². The van der Waals surface area contributed by atoms with Crippen molar-refractivity contribution >= 4 is 0 Å². The average molecular weight is 264 g/mol. The summed E-state index contributed by atoms with van der Waals surface area (Å²) in [5.41, 5.74) is 7.55. The molecule has 2 rings (SSSR count). The Morgan fingerprint density at radius 2 is 2.00 bits per heavy atom. The van der Waals surface area contributed by atoms with Gasteiger partial charge in [0.25, 0.3) is 0 Å². The van der Waals surface area contributed by atoms with Gasteiger partial charge in [-0.05, 0) is 36.0 Å². The monoisotopic (exact) mass is 264 g/mol. The molecule has 0 amide bonds. The SMILES string of the molecule is CCC(c1ccc(F)cc1)N1CCC(N)C(C)(C)C1. The molecule has 0 aliphatic carbocycles. The van der Waals surface area contributed by atoms with Gasteiger partial charge in [0.2, 0.25) is 0 Å². The summed E-state index contributed by atoms with van der Waals surface area (Å²) in [6.07, 6.45) is 2.07. The molecule has 1 aromatic rings. The summed E-state index contributed by atoms with van der Waals surface area (Å²) in [5.74, 6) is -0.167. The van der Waals surface area contributed by atoms with E-state index in [1.165, 1.54) is 5.56 Å². The Bertz CT molecular complexity index is 413. The van der Waals surface area contributed by atoms with E-state index in [2.05, 4.69) is 25.7 Å². The van der Waals surface area contributed by atoms with Crippen LogP contribution in [0.4, 0.5) is 4.39 Å². The van der Waals surface area contributed by atoms with Crippen molar-refractivity contribution in [3.8, 4) is 0 Å². The van der Waals surface area contributed by atoms with Crippen molar-refractivity contribution in [2.45, 2.75) is 45.7 Å². The molecular weight excluding hydrogens is 239 g/mol. The van der Waals surface area contributed by atoms with Crippen LogP contribution in [-0.2, 0) is 0 Å². The molecule has 1 aromatic carbocycles. The molecule has 2 atom stereocenters. The molecule has 19 heavy (non-hydrogen) atoms. The van der Waals surface area contributed by atoms with Gasteiger partial charge in [0.1, 0.15) is 5.82 Å². The standard InChI is InChI=1S/C16H25FN2/c1-4-14(12-5-7-13(17)8-6-12)19-10-9-15(18)16(2,3)11-19/h5-8,14-15H,4,9-11,18H2,1-3H3. The van der Waals surface area contributed by atoms with Crippen LogP contribution < -0.4 is 5.73 Å². The lowest BCUT2D eigenvalue weighted by atomic mass is 9.78. The first-order chi connectivity index (χ1) is 8.94. The van der Waals surface area contributed by atoms with Gasteiger partial charge in [-0.1, -0.05) is 32.9 Å². The predicted molar refractivity (Wildman–Crippen MR) is 77.4 cm³/mol. The first-order valence-electron chi connectivity index (χ1n) is 7.19. The summed E-state index contributed by atoms with van der Waals surface area (Å²) in [4.78, 5) is 2.50. The van der Waals surface area contributed by atoms with Gasteiger partial charge in [-0.25, -0.2) is 4.39 Å². The molecule has 1 fully saturated rings. The van der Waals surface area contributed by atoms with Crippen molar-refractivity contribution in [3.05, 3.63) is 35.6 Å². The summed E-state index contributed by atoms with van der Waals surface area (Å²) in [6, 6.07) is 7.56. The zero-order chi connectivity index (χ0) is 14.0. The largest absolute Gasteiger partial charge is 0.327 e. The van der Waals surface area contributed by atoms with E-state index in [1.54, 1.807) is 12.1 Å². The Balaban J connectivity index is 2.16. The molecule has 2 unspecified atom stereocenters. The lowest BCUT2D eigenvalue weighted by Crippen LogP contribution is -2.53. The van der Waals surface area contributed by atoms with Gasteiger partial charge < -0.3 is 5.73 Å². The summed E-state index contributed by atoms with van der Waals surface area (Å²) in [6.45, 7) is 8.70. The molecule has 0 radical (unpaired) electrons. The Labute approximate surface area is 115 Å². The Morgan fingerprint density at radius 1 is 1.37 bits per heavy atom. The maximum absolute atomic E-state index is 13.0. The minimum atomic E-state index is -0.167. The maximum atomic E-state index is 13.0. The molecule has 2 N–H and O–H groups in total. The fraction of sp³-hybridized carbons (Fsp3) is 0.625. The molecule has 1 aliphatic heterocycles. The third kappa shape index (κ3) is 3.15. The number of piperidine rings is 1. The molecule has 0 aromatic heterocycles. The lowest BCUT2D eigenvalue weighted by Gasteiger charge is -2.45. The Hall–Kier alpha value is -0.930. The van der Waals surface area contributed by atoms with Gasteiger partial charge in [-0.3, -0.25) is 4.90 Å². The van der Waals surface area contributed by atoms with E-state index in [0.29, 0.717) is 6.04 Å². The van der Waals surface area contributed by atoms with Crippen molar-refractivity contribution in [1.29, 1.82) is 0 Å². The highest BCUT2D eigenvalue weighted by atomic mass is 19.1. The van der Waals surface area contributed by atoms with E-state index in [4.69, 9.17) is 5.73 Å². The fourth-order valence-corrected chi connectivity index (χ4v) is 3.07. The normalized spacial score (nSPS) is 25.2. The van der Waals surface area contributed by atoms with Crippen LogP contribution in [0, 0.1) is 11.2 Å². The van der Waals surface area contributed by atoms with Gasteiger partial charge in [-0.2, -0.15) is 0 Å². The summed E-state index contributed by atoms with van der Waals surface area (Å²) in [7, 11) is 0. The van der Waals surface area contributed by atoms with Crippen LogP contribution in [-0.4, -0.2) is 24.0 Å². The molecule has 0 bridgehead atoms. The number of hydrogen-bond acceptors (Lipinski definition) is 2. The molecule has 3 heteroatoms. The van der Waals surface area contributed by atoms with E-state index >= 15 is 0 Å². The van der Waals surface area contributed by atoms with Gasteiger partial charge in [0.15, 0.2) is 0 Å². The minimum Gasteiger partial charge on any atom is -0.327 e. The zero-order valence-electron chi connectivity index (χ0n) is 12.2. The number of halogens is 1. The van der Waals surface area contributed by atoms with Crippen molar-refractivity contribution in [1.82, 2.24) is 4.90 Å². The summed E-state index contributed by atoms with van der Waals surface area (Å²) >= 11 is 0. The number of rotatable bonds is 3. The highest BCUT2D eigenvalue weighted by Crippen LogP contribution is 2.34. The van der Waals surface area contributed by atoms with Crippen LogP contribution in [0.1, 0.15) is 45.2 Å². The number of likely N-dealkylation sites (tertiary alicyclic amines) is 1. The molecule has 0 spiro atoms. The third-order valence-corrected chi connectivity index (χ3v) is 4.42. The summed E-state index contributed by atoms with van der Waals surface area (Å²) in [5, 5.41) is 0. The van der Waals surface area contributed by atoms with Crippen LogP contribution in [0.5, 0.6) is 0 Å². The van der Waals surface area contributed by atoms with Crippen LogP contribution >= 0.6 is 0 Å². The van der Waals surface area contributed by atoms with Crippen LogP contribution in [0.3, 0.4) is 0 Å². The zero-order valence-corrected chi connectivity index (χ0v) is 12.2. The first-order valence-corrected chi connectivity index (χ1v) is 7.19. The predicted octanol–water partition coefficient (Wildman–Crippen LogP) is 3.34. The topological polar surface area (TPSA) is 29.3 Å². The first kappa shape index (κ1) is 14.5. The van der Waals surface area contributed by atoms with Crippen LogP contribution in [0.2, 0.25) is 0 Å². The van der Waals surface area contributed by atoms with Gasteiger partial charge in [-0.15, -0.1) is 0 Å². The molecule has 1 heterocycles. The highest BCUT2D eigenvalue weighted by molar-refractivity contribution is 5.20. The third-order valence-electron chi connectivity index (χ3n) is 4.42. The highest BCUT2D eigenvalue weighted by Gasteiger charge is 2.35. The molecular formula is C16H25FN2. The number of nitrogens with zero attached hydrogens (tertiary/aromatic N) is 1. The number of benzene rings is 1. The van der Waals surface area contributed by atoms with E-state index in [-0.39, 0.29) is 17.3 Å². The van der Waals surface area contributed by atoms with E-state index < -0.39 is 0 Å². The number of nitrogens with two attached hydrogens (primary N) is 1. The second-order valence-electron chi connectivity index (χ2n) is 6.33. The smallest absolute Gasteiger partial charge is 0.123 e. The van der Waals surface area contributed by atoms with Crippen LogP contribution in [0.15, 0.2) is 24.3 Å². The lowest BCUT2D eigenvalue weighted by molar-refractivity contribution is 0.0588. The molecule has 1 saturated heterocycles. The molecule has 106 valence electrons. The quantitative estimate of drug-likeness (QED) is 0.907. The molecule has 0 saturated carbocycles. The van der Waals surface area contributed by atoms with Crippen molar-refractivity contribution in [2.24, 2.45) is 11.1 Å². The summed E-state index contributed by atoms with van der Waals surface area (Å²) < 4.78 is 13.0. The van der Waals surface area contributed by atoms with Gasteiger partial charge in [0.05, 0.1) is 0 Å². The second kappa shape index (κ2) is 5.59. The molecule has 1 aliphatic rings.